The predicted octanol–water partition coefficient (Wildman–Crippen LogP) is 2.80. The molecule has 0 aliphatic rings. The second-order valence-corrected chi connectivity index (χ2v) is 9.50. The average molecular weight is 497 g/mol. The third-order valence-electron chi connectivity index (χ3n) is 4.46. The molecule has 0 bridgehead atoms. The van der Waals surface area contributed by atoms with E-state index in [1.165, 1.54) is 11.8 Å². The highest BCUT2D eigenvalue weighted by Gasteiger charge is 2.30. The maximum atomic E-state index is 11.8. The molecule has 1 rings (SSSR count). The molecule has 0 amide bonds. The van der Waals surface area contributed by atoms with Crippen LogP contribution in [0.25, 0.3) is 0 Å². The van der Waals surface area contributed by atoms with E-state index in [0.717, 1.165) is 18.7 Å². The highest BCUT2D eigenvalue weighted by Crippen LogP contribution is 2.21. The molecule has 1 aromatic carbocycles. The van der Waals surface area contributed by atoms with Crippen LogP contribution >= 0.6 is 24.0 Å². The van der Waals surface area contributed by atoms with Crippen LogP contribution in [0.3, 0.4) is 0 Å². The Morgan fingerprint density at radius 1 is 1.23 bits per heavy atom. The van der Waals surface area contributed by atoms with Gasteiger partial charge in [0.1, 0.15) is 5.75 Å². The number of aliphatic imine (C=N–C) groups is 1. The standard InChI is InChI=1S/C18H31N3O3S.HI/c1-14(15-7-9-16(24-5)10-8-15)11-12-20-17(19-4)21-13-18(2,3)25(6,22)23;/h7-10,14H,11-13H2,1-6H3,(H2,19,20,21);1H. The van der Waals surface area contributed by atoms with E-state index >= 15 is 0 Å². The molecule has 1 aromatic rings. The van der Waals surface area contributed by atoms with Crippen LogP contribution in [0.4, 0.5) is 0 Å². The van der Waals surface area contributed by atoms with Crippen molar-refractivity contribution in [1.29, 1.82) is 0 Å². The largest absolute Gasteiger partial charge is 0.497 e. The lowest BCUT2D eigenvalue weighted by Gasteiger charge is -2.24. The van der Waals surface area contributed by atoms with Crippen LogP contribution in [-0.2, 0) is 9.84 Å². The minimum absolute atomic E-state index is 0. The van der Waals surface area contributed by atoms with Crippen molar-refractivity contribution in [3.63, 3.8) is 0 Å². The summed E-state index contributed by atoms with van der Waals surface area (Å²) < 4.78 is 27.8. The van der Waals surface area contributed by atoms with E-state index in [1.807, 2.05) is 12.1 Å². The number of hydrogen-bond donors (Lipinski definition) is 2. The number of methoxy groups -OCH3 is 1. The summed E-state index contributed by atoms with van der Waals surface area (Å²) in [6.07, 6.45) is 2.18. The van der Waals surface area contributed by atoms with Crippen molar-refractivity contribution < 1.29 is 13.2 Å². The van der Waals surface area contributed by atoms with Gasteiger partial charge < -0.3 is 15.4 Å². The summed E-state index contributed by atoms with van der Waals surface area (Å²) in [6, 6.07) is 8.08. The number of benzene rings is 1. The molecular weight excluding hydrogens is 465 g/mol. The van der Waals surface area contributed by atoms with Crippen LogP contribution in [0.15, 0.2) is 29.3 Å². The first-order valence-electron chi connectivity index (χ1n) is 8.39. The number of rotatable bonds is 8. The fraction of sp³-hybridized carbons (Fsp3) is 0.611. The first-order valence-corrected chi connectivity index (χ1v) is 10.3. The molecule has 6 nitrogen and oxygen atoms in total. The maximum absolute atomic E-state index is 11.8. The first kappa shape index (κ1) is 25.0. The number of ether oxygens (including phenoxy) is 1. The Morgan fingerprint density at radius 3 is 2.27 bits per heavy atom. The molecule has 1 unspecified atom stereocenters. The van der Waals surface area contributed by atoms with Crippen molar-refractivity contribution in [2.45, 2.75) is 37.9 Å². The number of guanidine groups is 1. The Bertz CT molecular complexity index is 673. The molecule has 0 spiro atoms. The van der Waals surface area contributed by atoms with Crippen molar-refractivity contribution >= 4 is 39.8 Å². The second kappa shape index (κ2) is 11.0. The lowest BCUT2D eigenvalue weighted by molar-refractivity contribution is 0.414. The zero-order valence-electron chi connectivity index (χ0n) is 16.5. The molecule has 0 saturated heterocycles. The zero-order valence-corrected chi connectivity index (χ0v) is 19.6. The Morgan fingerprint density at radius 2 is 1.81 bits per heavy atom. The molecule has 0 aliphatic carbocycles. The van der Waals surface area contributed by atoms with Crippen molar-refractivity contribution in [2.75, 3.05) is 33.5 Å². The summed E-state index contributed by atoms with van der Waals surface area (Å²) in [7, 11) is 0.198. The number of sulfone groups is 1. The molecular formula is C18H32IN3O3S. The van der Waals surface area contributed by atoms with Crippen LogP contribution < -0.4 is 15.4 Å². The van der Waals surface area contributed by atoms with Gasteiger partial charge >= 0.3 is 0 Å². The van der Waals surface area contributed by atoms with Gasteiger partial charge in [0, 0.05) is 26.4 Å². The van der Waals surface area contributed by atoms with Gasteiger partial charge in [-0.25, -0.2) is 8.42 Å². The highest BCUT2D eigenvalue weighted by molar-refractivity contribution is 14.0. The molecule has 150 valence electrons. The summed E-state index contributed by atoms with van der Waals surface area (Å²) in [5.41, 5.74) is 1.25. The topological polar surface area (TPSA) is 79.8 Å². The van der Waals surface area contributed by atoms with Gasteiger partial charge in [0.2, 0.25) is 0 Å². The van der Waals surface area contributed by atoms with E-state index in [4.69, 9.17) is 4.74 Å². The van der Waals surface area contributed by atoms with Gasteiger partial charge in [-0.1, -0.05) is 19.1 Å². The van der Waals surface area contributed by atoms with Crippen LogP contribution in [0.1, 0.15) is 38.7 Å². The fourth-order valence-electron chi connectivity index (χ4n) is 2.15. The Labute approximate surface area is 175 Å². The van der Waals surface area contributed by atoms with Crippen molar-refractivity contribution in [2.24, 2.45) is 4.99 Å². The lowest BCUT2D eigenvalue weighted by atomic mass is 9.98. The summed E-state index contributed by atoms with van der Waals surface area (Å²) in [5.74, 6) is 1.86. The molecule has 8 heteroatoms. The molecule has 0 radical (unpaired) electrons. The molecule has 1 atom stereocenters. The Balaban J connectivity index is 0.00000625. The van der Waals surface area contributed by atoms with Crippen molar-refractivity contribution in [1.82, 2.24) is 10.6 Å². The lowest BCUT2D eigenvalue weighted by Crippen LogP contribution is -2.47. The van der Waals surface area contributed by atoms with Gasteiger partial charge in [-0.15, -0.1) is 24.0 Å². The minimum Gasteiger partial charge on any atom is -0.497 e. The Hall–Kier alpha value is -1.03. The van der Waals surface area contributed by atoms with Crippen LogP contribution in [-0.4, -0.2) is 52.6 Å². The number of nitrogens with one attached hydrogen (secondary N) is 2. The summed E-state index contributed by atoms with van der Waals surface area (Å²) in [6.45, 7) is 6.63. The van der Waals surface area contributed by atoms with Gasteiger partial charge in [0.25, 0.3) is 0 Å². The number of halogens is 1. The van der Waals surface area contributed by atoms with Crippen LogP contribution in [0.2, 0.25) is 0 Å². The molecule has 0 fully saturated rings. The van der Waals surface area contributed by atoms with Crippen molar-refractivity contribution in [3.8, 4) is 5.75 Å². The maximum Gasteiger partial charge on any atom is 0.191 e. The zero-order chi connectivity index (χ0) is 19.1. The minimum atomic E-state index is -3.14. The summed E-state index contributed by atoms with van der Waals surface area (Å²) in [5, 5.41) is 6.32. The average Bonchev–Trinajstić information content (AvgIpc) is 2.56. The monoisotopic (exact) mass is 497 g/mol. The molecule has 0 heterocycles. The van der Waals surface area contributed by atoms with E-state index < -0.39 is 14.6 Å². The summed E-state index contributed by atoms with van der Waals surface area (Å²) in [4.78, 5) is 4.15. The number of nitrogens with zero attached hydrogens (tertiary/aromatic N) is 1. The molecule has 0 aromatic heterocycles. The first-order chi connectivity index (χ1) is 11.6. The summed E-state index contributed by atoms with van der Waals surface area (Å²) >= 11 is 0. The van der Waals surface area contributed by atoms with Gasteiger partial charge in [0.15, 0.2) is 15.8 Å². The molecule has 26 heavy (non-hydrogen) atoms. The van der Waals surface area contributed by atoms with E-state index in [9.17, 15) is 8.42 Å². The number of hydrogen-bond acceptors (Lipinski definition) is 4. The van der Waals surface area contributed by atoms with E-state index in [-0.39, 0.29) is 24.0 Å². The van der Waals surface area contributed by atoms with Crippen LogP contribution in [0, 0.1) is 0 Å². The predicted molar refractivity (Wildman–Crippen MR) is 120 cm³/mol. The molecule has 0 saturated carbocycles. The van der Waals surface area contributed by atoms with Gasteiger partial charge in [-0.05, 0) is 43.9 Å². The van der Waals surface area contributed by atoms with Gasteiger partial charge in [-0.2, -0.15) is 0 Å². The van der Waals surface area contributed by atoms with Crippen LogP contribution in [0.5, 0.6) is 5.75 Å². The molecule has 2 N–H and O–H groups in total. The third-order valence-corrected chi connectivity index (χ3v) is 6.62. The second-order valence-electron chi connectivity index (χ2n) is 6.85. The van der Waals surface area contributed by atoms with E-state index in [1.54, 1.807) is 28.0 Å². The van der Waals surface area contributed by atoms with Gasteiger partial charge in [0.05, 0.1) is 11.9 Å². The van der Waals surface area contributed by atoms with E-state index in [0.29, 0.717) is 18.4 Å². The quantitative estimate of drug-likeness (QED) is 0.328. The smallest absolute Gasteiger partial charge is 0.191 e. The third kappa shape index (κ3) is 7.69. The van der Waals surface area contributed by atoms with Crippen molar-refractivity contribution in [3.05, 3.63) is 29.8 Å². The normalized spacial score (nSPS) is 13.5. The fourth-order valence-corrected chi connectivity index (χ4v) is 2.49. The van der Waals surface area contributed by atoms with E-state index in [2.05, 4.69) is 34.7 Å². The Kier molecular flexibility index (Phi) is 10.5. The SMILES string of the molecule is CN=C(NCCC(C)c1ccc(OC)cc1)NCC(C)(C)S(C)(=O)=O.I. The highest BCUT2D eigenvalue weighted by atomic mass is 127. The molecule has 0 aliphatic heterocycles. The van der Waals surface area contributed by atoms with Gasteiger partial charge in [-0.3, -0.25) is 4.99 Å².